The predicted molar refractivity (Wildman–Crippen MR) is 122 cm³/mol. The maximum absolute atomic E-state index is 14.9. The smallest absolute Gasteiger partial charge is 0.272 e. The lowest BCUT2D eigenvalue weighted by Crippen LogP contribution is -2.37. The van der Waals surface area contributed by atoms with E-state index >= 15 is 0 Å². The maximum Gasteiger partial charge on any atom is 0.272 e. The second-order valence-electron chi connectivity index (χ2n) is 9.91. The lowest BCUT2D eigenvalue weighted by molar-refractivity contribution is 0.0874. The highest BCUT2D eigenvalue weighted by Gasteiger charge is 2.35. The molecule has 176 valence electrons. The third-order valence-electron chi connectivity index (χ3n) is 5.93. The number of hydrogen-bond acceptors (Lipinski definition) is 6. The van der Waals surface area contributed by atoms with Gasteiger partial charge in [0.2, 0.25) is 5.89 Å². The third kappa shape index (κ3) is 4.68. The van der Waals surface area contributed by atoms with E-state index in [1.807, 2.05) is 45.4 Å². The summed E-state index contributed by atoms with van der Waals surface area (Å²) in [6.07, 6.45) is 0.882. The molecule has 8 nitrogen and oxygen atoms in total. The Labute approximate surface area is 193 Å². The lowest BCUT2D eigenvalue weighted by atomic mass is 9.86. The van der Waals surface area contributed by atoms with E-state index in [9.17, 15) is 9.18 Å². The molecule has 1 aromatic carbocycles. The van der Waals surface area contributed by atoms with Crippen molar-refractivity contribution in [3.05, 3.63) is 52.7 Å². The van der Waals surface area contributed by atoms with Gasteiger partial charge in [0.25, 0.3) is 5.91 Å². The van der Waals surface area contributed by atoms with Crippen LogP contribution in [0.5, 0.6) is 0 Å². The van der Waals surface area contributed by atoms with Crippen LogP contribution in [-0.4, -0.2) is 44.1 Å². The summed E-state index contributed by atoms with van der Waals surface area (Å²) in [5, 5.41) is 6.93. The van der Waals surface area contributed by atoms with Crippen LogP contribution in [0.3, 0.4) is 0 Å². The SMILES string of the molecule is Cc1ccc(-c2nc(C(=O)N[C@H](c3nc(C)no3)C(C)(C)C)c3n2CCCN(C)C3)c(F)c1. The van der Waals surface area contributed by atoms with Crippen LogP contribution in [-0.2, 0) is 13.1 Å². The number of carbonyl (C=O) groups excluding carboxylic acids is 1. The Balaban J connectivity index is 1.78. The number of nitrogens with zero attached hydrogens (tertiary/aromatic N) is 5. The summed E-state index contributed by atoms with van der Waals surface area (Å²) in [6, 6.07) is 4.57. The van der Waals surface area contributed by atoms with Gasteiger partial charge in [-0.25, -0.2) is 9.37 Å². The van der Waals surface area contributed by atoms with Crippen molar-refractivity contribution >= 4 is 5.91 Å². The number of aromatic nitrogens is 4. The second-order valence-corrected chi connectivity index (χ2v) is 9.91. The summed E-state index contributed by atoms with van der Waals surface area (Å²) < 4.78 is 22.3. The Morgan fingerprint density at radius 3 is 2.61 bits per heavy atom. The van der Waals surface area contributed by atoms with Gasteiger partial charge in [-0.15, -0.1) is 0 Å². The fourth-order valence-corrected chi connectivity index (χ4v) is 4.19. The van der Waals surface area contributed by atoms with Gasteiger partial charge in [-0.05, 0) is 57.0 Å². The van der Waals surface area contributed by atoms with Crippen molar-refractivity contribution < 1.29 is 13.7 Å². The van der Waals surface area contributed by atoms with Crippen molar-refractivity contribution in [2.24, 2.45) is 5.41 Å². The molecule has 3 heterocycles. The topological polar surface area (TPSA) is 89.1 Å². The number of rotatable bonds is 4. The number of carbonyl (C=O) groups is 1. The minimum Gasteiger partial charge on any atom is -0.338 e. The molecule has 1 N–H and O–H groups in total. The second kappa shape index (κ2) is 8.70. The molecule has 2 aromatic heterocycles. The Kier molecular flexibility index (Phi) is 6.09. The van der Waals surface area contributed by atoms with Gasteiger partial charge < -0.3 is 19.3 Å². The molecule has 1 aliphatic heterocycles. The van der Waals surface area contributed by atoms with E-state index in [2.05, 4.69) is 25.3 Å². The first-order chi connectivity index (χ1) is 15.5. The molecule has 0 saturated carbocycles. The zero-order valence-electron chi connectivity index (χ0n) is 20.1. The quantitative estimate of drug-likeness (QED) is 0.640. The van der Waals surface area contributed by atoms with Gasteiger partial charge in [0.15, 0.2) is 11.5 Å². The highest BCUT2D eigenvalue weighted by molar-refractivity contribution is 5.94. The molecule has 0 bridgehead atoms. The van der Waals surface area contributed by atoms with Gasteiger partial charge >= 0.3 is 0 Å². The van der Waals surface area contributed by atoms with E-state index in [-0.39, 0.29) is 17.1 Å². The normalized spacial score (nSPS) is 15.7. The molecule has 0 unspecified atom stereocenters. The van der Waals surface area contributed by atoms with E-state index in [0.717, 1.165) is 24.2 Å². The van der Waals surface area contributed by atoms with Crippen molar-refractivity contribution in [2.75, 3.05) is 13.6 Å². The molecule has 4 rings (SSSR count). The van der Waals surface area contributed by atoms with Gasteiger partial charge in [-0.2, -0.15) is 4.98 Å². The number of benzene rings is 1. The molecule has 9 heteroatoms. The van der Waals surface area contributed by atoms with Crippen LogP contribution in [0.4, 0.5) is 4.39 Å². The molecule has 0 aliphatic carbocycles. The van der Waals surface area contributed by atoms with Crippen LogP contribution >= 0.6 is 0 Å². The Morgan fingerprint density at radius 2 is 1.97 bits per heavy atom. The molecule has 0 spiro atoms. The van der Waals surface area contributed by atoms with Crippen LogP contribution in [0.25, 0.3) is 11.4 Å². The van der Waals surface area contributed by atoms with Crippen LogP contribution in [0.15, 0.2) is 22.7 Å². The number of amides is 1. The molecule has 1 amide bonds. The fraction of sp³-hybridized carbons (Fsp3) is 0.500. The van der Waals surface area contributed by atoms with Crippen LogP contribution < -0.4 is 5.32 Å². The summed E-state index contributed by atoms with van der Waals surface area (Å²) in [5.41, 5.74) is 1.92. The van der Waals surface area contributed by atoms with E-state index in [0.29, 0.717) is 41.9 Å². The van der Waals surface area contributed by atoms with Crippen LogP contribution in [0.1, 0.15) is 66.7 Å². The van der Waals surface area contributed by atoms with Crippen molar-refractivity contribution in [1.29, 1.82) is 0 Å². The highest BCUT2D eigenvalue weighted by Crippen LogP contribution is 2.33. The van der Waals surface area contributed by atoms with Gasteiger partial charge in [-0.3, -0.25) is 4.79 Å². The van der Waals surface area contributed by atoms with Crippen molar-refractivity contribution in [1.82, 2.24) is 29.9 Å². The number of nitrogens with one attached hydrogen (secondary N) is 1. The zero-order chi connectivity index (χ0) is 23.9. The number of aryl methyl sites for hydroxylation is 2. The molecule has 0 fully saturated rings. The summed E-state index contributed by atoms with van der Waals surface area (Å²) in [4.78, 5) is 24.7. The average Bonchev–Trinajstić information content (AvgIpc) is 3.23. The molecular formula is C24H31FN6O2. The maximum atomic E-state index is 14.9. The van der Waals surface area contributed by atoms with Crippen LogP contribution in [0, 0.1) is 25.1 Å². The minimum absolute atomic E-state index is 0.296. The summed E-state index contributed by atoms with van der Waals surface area (Å²) in [7, 11) is 2.01. The van der Waals surface area contributed by atoms with Gasteiger partial charge in [0.05, 0.1) is 11.3 Å². The average molecular weight is 455 g/mol. The van der Waals surface area contributed by atoms with Crippen LogP contribution in [0.2, 0.25) is 0 Å². The number of halogens is 1. The molecule has 33 heavy (non-hydrogen) atoms. The standard InChI is InChI=1S/C24H31FN6O2/c1-14-8-9-16(17(25)12-14)21-27-19(18-13-30(6)10-7-11-31(18)21)22(32)28-20(24(3,4)5)23-26-15(2)29-33-23/h8-9,12,20H,7,10-11,13H2,1-6H3,(H,28,32)/t20-/m1/s1. The number of imidazole rings is 1. The molecule has 0 radical (unpaired) electrons. The highest BCUT2D eigenvalue weighted by atomic mass is 19.1. The Morgan fingerprint density at radius 1 is 1.21 bits per heavy atom. The molecule has 1 atom stereocenters. The zero-order valence-corrected chi connectivity index (χ0v) is 20.1. The van der Waals surface area contributed by atoms with Crippen molar-refractivity contribution in [3.63, 3.8) is 0 Å². The van der Waals surface area contributed by atoms with E-state index in [1.54, 1.807) is 13.0 Å². The number of fused-ring (bicyclic) bond motifs is 1. The number of hydrogen-bond donors (Lipinski definition) is 1. The Bertz CT molecular complexity index is 1180. The first-order valence-electron chi connectivity index (χ1n) is 11.2. The van der Waals surface area contributed by atoms with Gasteiger partial charge in [0.1, 0.15) is 17.7 Å². The predicted octanol–water partition coefficient (Wildman–Crippen LogP) is 4.04. The van der Waals surface area contributed by atoms with Crippen molar-refractivity contribution in [2.45, 2.75) is 60.2 Å². The molecule has 1 aliphatic rings. The van der Waals surface area contributed by atoms with E-state index < -0.39 is 6.04 Å². The molecule has 3 aromatic rings. The van der Waals surface area contributed by atoms with Gasteiger partial charge in [0, 0.05) is 13.1 Å². The van der Waals surface area contributed by atoms with Crippen molar-refractivity contribution in [3.8, 4) is 11.4 Å². The van der Waals surface area contributed by atoms with E-state index in [1.165, 1.54) is 6.07 Å². The third-order valence-corrected chi connectivity index (χ3v) is 5.93. The van der Waals surface area contributed by atoms with E-state index in [4.69, 9.17) is 4.52 Å². The Hall–Kier alpha value is -3.07. The molecule has 0 saturated heterocycles. The van der Waals surface area contributed by atoms with Gasteiger partial charge in [-0.1, -0.05) is 32.0 Å². The summed E-state index contributed by atoms with van der Waals surface area (Å²) in [5.74, 6) is 0.637. The lowest BCUT2D eigenvalue weighted by Gasteiger charge is -2.28. The monoisotopic (exact) mass is 454 g/mol. The first kappa shape index (κ1) is 23.1. The first-order valence-corrected chi connectivity index (χ1v) is 11.2. The summed E-state index contributed by atoms with van der Waals surface area (Å²) >= 11 is 0. The molecular weight excluding hydrogens is 423 g/mol. The fourth-order valence-electron chi connectivity index (χ4n) is 4.19. The largest absolute Gasteiger partial charge is 0.338 e. The minimum atomic E-state index is -0.508. The summed E-state index contributed by atoms with van der Waals surface area (Å²) in [6.45, 7) is 11.6.